The highest BCUT2D eigenvalue weighted by Gasteiger charge is 2.35. The number of phenols is 1. The summed E-state index contributed by atoms with van der Waals surface area (Å²) in [5.41, 5.74) is 3.07. The molecular weight excluding hydrogens is 444 g/mol. The fourth-order valence-electron chi connectivity index (χ4n) is 5.80. The number of methoxy groups -OCH3 is 1. The van der Waals surface area contributed by atoms with Gasteiger partial charge in [0.2, 0.25) is 5.43 Å². The van der Waals surface area contributed by atoms with Gasteiger partial charge in [0.15, 0.2) is 0 Å². The van der Waals surface area contributed by atoms with Gasteiger partial charge in [-0.25, -0.2) is 0 Å². The number of ether oxygens (including phenoxy) is 1. The fraction of sp³-hybridized carbons (Fsp3) is 0.286. The van der Waals surface area contributed by atoms with E-state index in [0.717, 1.165) is 25.2 Å². The quantitative estimate of drug-likeness (QED) is 0.486. The number of aromatic hydroxyl groups is 1. The maximum absolute atomic E-state index is 13.4. The summed E-state index contributed by atoms with van der Waals surface area (Å²) >= 11 is 0. The van der Waals surface area contributed by atoms with Crippen molar-refractivity contribution in [3.8, 4) is 22.6 Å². The molecule has 0 radical (unpaired) electrons. The molecule has 1 N–H and O–H groups in total. The molecule has 0 unspecified atom stereocenters. The minimum absolute atomic E-state index is 0.0602. The first-order valence-corrected chi connectivity index (χ1v) is 11.9. The molecule has 4 aromatic rings. The molecule has 2 aliphatic heterocycles. The molecule has 35 heavy (non-hydrogen) atoms. The Balaban J connectivity index is 1.36. The second-order valence-electron chi connectivity index (χ2n) is 9.51. The van der Waals surface area contributed by atoms with E-state index in [9.17, 15) is 14.7 Å². The molecule has 178 valence electrons. The molecule has 7 heteroatoms. The van der Waals surface area contributed by atoms with Crippen molar-refractivity contribution in [1.82, 2.24) is 9.47 Å². The molecule has 2 atom stereocenters. The summed E-state index contributed by atoms with van der Waals surface area (Å²) in [6.07, 6.45) is 2.51. The lowest BCUT2D eigenvalue weighted by Gasteiger charge is -2.42. The number of hydrogen-bond donors (Lipinski definition) is 1. The van der Waals surface area contributed by atoms with Gasteiger partial charge in [-0.3, -0.25) is 14.5 Å². The van der Waals surface area contributed by atoms with Gasteiger partial charge in [0.1, 0.15) is 23.3 Å². The van der Waals surface area contributed by atoms with E-state index in [1.165, 1.54) is 6.26 Å². The molecule has 2 aromatic heterocycles. The summed E-state index contributed by atoms with van der Waals surface area (Å²) in [5.74, 6) is 1.33. The van der Waals surface area contributed by atoms with E-state index in [0.29, 0.717) is 52.4 Å². The molecule has 4 heterocycles. The number of phenolic OH excluding ortho intramolecular Hbond substituents is 1. The lowest BCUT2D eigenvalue weighted by atomic mass is 9.83. The standard InChI is InChI=1S/C28H26N2O5/c1-34-25-7-3-2-5-19(25)22-16-35-28-20(27(22)33)9-10-24(31)21(28)15-29-12-17-11-18(14-29)23-6-4-8-26(32)30(23)13-17/h2-10,16-18,31H,11-15H2,1H3/t17-,18+/m0/s1. The van der Waals surface area contributed by atoms with Gasteiger partial charge < -0.3 is 18.8 Å². The summed E-state index contributed by atoms with van der Waals surface area (Å²) in [7, 11) is 1.57. The molecule has 2 aliphatic rings. The zero-order valence-corrected chi connectivity index (χ0v) is 19.4. The Kier molecular flexibility index (Phi) is 5.22. The van der Waals surface area contributed by atoms with Crippen LogP contribution in [0.2, 0.25) is 0 Å². The summed E-state index contributed by atoms with van der Waals surface area (Å²) in [6, 6.07) is 16.0. The molecule has 0 spiro atoms. The Morgan fingerprint density at radius 3 is 2.71 bits per heavy atom. The van der Waals surface area contributed by atoms with Crippen molar-refractivity contribution in [3.63, 3.8) is 0 Å². The first kappa shape index (κ1) is 21.7. The number of benzene rings is 2. The van der Waals surface area contributed by atoms with Crippen molar-refractivity contribution in [2.24, 2.45) is 5.92 Å². The highest BCUT2D eigenvalue weighted by Crippen LogP contribution is 2.37. The van der Waals surface area contributed by atoms with Crippen molar-refractivity contribution in [3.05, 3.63) is 92.7 Å². The van der Waals surface area contributed by atoms with Gasteiger partial charge in [0.25, 0.3) is 5.56 Å². The van der Waals surface area contributed by atoms with Crippen LogP contribution in [-0.2, 0) is 13.1 Å². The van der Waals surface area contributed by atoms with Crippen LogP contribution in [0.5, 0.6) is 11.5 Å². The highest BCUT2D eigenvalue weighted by atomic mass is 16.5. The third-order valence-electron chi connectivity index (χ3n) is 7.35. The molecule has 0 amide bonds. The molecule has 6 rings (SSSR count). The van der Waals surface area contributed by atoms with Crippen LogP contribution in [0.4, 0.5) is 0 Å². The molecule has 1 saturated heterocycles. The maximum Gasteiger partial charge on any atom is 0.250 e. The Labute approximate surface area is 201 Å². The van der Waals surface area contributed by atoms with Crippen molar-refractivity contribution < 1.29 is 14.3 Å². The Morgan fingerprint density at radius 1 is 1.00 bits per heavy atom. The minimum Gasteiger partial charge on any atom is -0.507 e. The van der Waals surface area contributed by atoms with Crippen molar-refractivity contribution >= 4 is 11.0 Å². The van der Waals surface area contributed by atoms with Gasteiger partial charge in [-0.05, 0) is 36.6 Å². The van der Waals surface area contributed by atoms with E-state index in [4.69, 9.17) is 9.15 Å². The van der Waals surface area contributed by atoms with Crippen LogP contribution in [-0.4, -0.2) is 34.8 Å². The van der Waals surface area contributed by atoms with Crippen LogP contribution in [0.1, 0.15) is 23.6 Å². The number of likely N-dealkylation sites (tertiary alicyclic amines) is 1. The number of piperidine rings is 1. The summed E-state index contributed by atoms with van der Waals surface area (Å²) in [4.78, 5) is 28.1. The van der Waals surface area contributed by atoms with Gasteiger partial charge in [-0.15, -0.1) is 0 Å². The topological polar surface area (TPSA) is 84.9 Å². The summed E-state index contributed by atoms with van der Waals surface area (Å²) in [5, 5.41) is 11.2. The molecular formula is C28H26N2O5. The van der Waals surface area contributed by atoms with Crippen LogP contribution in [0.25, 0.3) is 22.1 Å². The summed E-state index contributed by atoms with van der Waals surface area (Å²) < 4.78 is 13.3. The van der Waals surface area contributed by atoms with Crippen LogP contribution in [0, 0.1) is 5.92 Å². The molecule has 7 nitrogen and oxygen atoms in total. The first-order chi connectivity index (χ1) is 17.0. The SMILES string of the molecule is COc1ccccc1-c1coc2c(CN3C[C@@H]4C[C@H](C3)c3cccc(=O)n3C4)c(O)ccc2c1=O. The van der Waals surface area contributed by atoms with Crippen molar-refractivity contribution in [2.45, 2.75) is 25.4 Å². The van der Waals surface area contributed by atoms with Gasteiger partial charge in [-0.1, -0.05) is 24.3 Å². The van der Waals surface area contributed by atoms with E-state index < -0.39 is 0 Å². The van der Waals surface area contributed by atoms with Gasteiger partial charge >= 0.3 is 0 Å². The van der Waals surface area contributed by atoms with Crippen LogP contribution >= 0.6 is 0 Å². The number of nitrogens with zero attached hydrogens (tertiary/aromatic N) is 2. The van der Waals surface area contributed by atoms with Gasteiger partial charge in [0, 0.05) is 49.4 Å². The average molecular weight is 471 g/mol. The third kappa shape index (κ3) is 3.63. The molecule has 1 fully saturated rings. The number of fused-ring (bicyclic) bond motifs is 5. The van der Waals surface area contributed by atoms with Crippen LogP contribution < -0.4 is 15.7 Å². The lowest BCUT2D eigenvalue weighted by Crippen LogP contribution is -2.46. The largest absolute Gasteiger partial charge is 0.507 e. The number of para-hydroxylation sites is 1. The van der Waals surface area contributed by atoms with E-state index in [2.05, 4.69) is 4.90 Å². The number of rotatable bonds is 4. The fourth-order valence-corrected chi connectivity index (χ4v) is 5.80. The van der Waals surface area contributed by atoms with Crippen molar-refractivity contribution in [2.75, 3.05) is 20.2 Å². The molecule has 0 aliphatic carbocycles. The van der Waals surface area contributed by atoms with Gasteiger partial charge in [0.05, 0.1) is 23.6 Å². The second-order valence-corrected chi connectivity index (χ2v) is 9.51. The number of aromatic nitrogens is 1. The highest BCUT2D eigenvalue weighted by molar-refractivity contribution is 5.86. The monoisotopic (exact) mass is 470 g/mol. The maximum atomic E-state index is 13.4. The predicted molar refractivity (Wildman–Crippen MR) is 133 cm³/mol. The first-order valence-electron chi connectivity index (χ1n) is 11.9. The summed E-state index contributed by atoms with van der Waals surface area (Å²) in [6.45, 7) is 2.76. The molecule has 2 aromatic carbocycles. The van der Waals surface area contributed by atoms with E-state index in [1.807, 2.05) is 34.9 Å². The Bertz CT molecular complexity index is 1550. The predicted octanol–water partition coefficient (Wildman–Crippen LogP) is 3.96. The number of hydrogen-bond acceptors (Lipinski definition) is 6. The van der Waals surface area contributed by atoms with E-state index in [-0.39, 0.29) is 22.7 Å². The van der Waals surface area contributed by atoms with Crippen molar-refractivity contribution in [1.29, 1.82) is 0 Å². The smallest absolute Gasteiger partial charge is 0.250 e. The third-order valence-corrected chi connectivity index (χ3v) is 7.35. The number of pyridine rings is 1. The zero-order valence-electron chi connectivity index (χ0n) is 19.4. The van der Waals surface area contributed by atoms with E-state index >= 15 is 0 Å². The molecule has 2 bridgehead atoms. The zero-order chi connectivity index (χ0) is 24.1. The molecule has 0 saturated carbocycles. The second kappa shape index (κ2) is 8.43. The lowest BCUT2D eigenvalue weighted by molar-refractivity contribution is 0.113. The minimum atomic E-state index is -0.166. The van der Waals surface area contributed by atoms with Gasteiger partial charge in [-0.2, -0.15) is 0 Å². The Hall–Kier alpha value is -3.84. The van der Waals surface area contributed by atoms with E-state index in [1.54, 1.807) is 31.4 Å². The van der Waals surface area contributed by atoms with Crippen LogP contribution in [0.15, 0.2) is 74.9 Å². The average Bonchev–Trinajstić information content (AvgIpc) is 2.87. The van der Waals surface area contributed by atoms with Crippen LogP contribution in [0.3, 0.4) is 0 Å². The Morgan fingerprint density at radius 2 is 1.86 bits per heavy atom. The normalized spacial score (nSPS) is 19.5.